The minimum absolute atomic E-state index is 0. The molecule has 0 bridgehead atoms. The van der Waals surface area contributed by atoms with Crippen LogP contribution in [0.15, 0.2) is 11.4 Å². The number of nitrogens with zero attached hydrogens (tertiary/aromatic N) is 1. The van der Waals surface area contributed by atoms with Crippen LogP contribution in [0.3, 0.4) is 0 Å². The zero-order valence-electron chi connectivity index (χ0n) is 10.5. The Morgan fingerprint density at radius 2 is 2.28 bits per heavy atom. The van der Waals surface area contributed by atoms with Crippen molar-refractivity contribution in [3.05, 3.63) is 21.9 Å². The van der Waals surface area contributed by atoms with Crippen molar-refractivity contribution in [2.24, 2.45) is 0 Å². The van der Waals surface area contributed by atoms with E-state index in [-0.39, 0.29) is 18.3 Å². The molecule has 3 rings (SSSR count). The van der Waals surface area contributed by atoms with E-state index in [1.54, 1.807) is 11.3 Å². The molecule has 18 heavy (non-hydrogen) atoms. The van der Waals surface area contributed by atoms with E-state index in [1.165, 1.54) is 10.4 Å². The van der Waals surface area contributed by atoms with Crippen LogP contribution in [0.25, 0.3) is 0 Å². The van der Waals surface area contributed by atoms with Crippen molar-refractivity contribution in [2.45, 2.75) is 31.2 Å². The molecule has 1 aliphatic heterocycles. The highest BCUT2D eigenvalue weighted by Crippen LogP contribution is 2.36. The number of hydrogen-bond acceptors (Lipinski definition) is 3. The summed E-state index contributed by atoms with van der Waals surface area (Å²) >= 11 is 1.80. The molecule has 0 spiro atoms. The molecule has 1 aliphatic carbocycles. The topological polar surface area (TPSA) is 32.3 Å². The second kappa shape index (κ2) is 5.59. The van der Waals surface area contributed by atoms with Crippen LogP contribution >= 0.6 is 23.7 Å². The number of aryl methyl sites for hydroxylation is 1. The van der Waals surface area contributed by atoms with Crippen molar-refractivity contribution in [2.75, 3.05) is 20.1 Å². The van der Waals surface area contributed by atoms with E-state index in [4.69, 9.17) is 0 Å². The summed E-state index contributed by atoms with van der Waals surface area (Å²) in [6.45, 7) is 1.90. The number of halogens is 1. The molecule has 0 radical (unpaired) electrons. The lowest BCUT2D eigenvalue weighted by molar-refractivity contribution is -0.134. The molecule has 2 heterocycles. The predicted octanol–water partition coefficient (Wildman–Crippen LogP) is 2.02. The van der Waals surface area contributed by atoms with Crippen molar-refractivity contribution in [3.8, 4) is 0 Å². The largest absolute Gasteiger partial charge is 0.340 e. The minimum Gasteiger partial charge on any atom is -0.340 e. The molecule has 1 saturated heterocycles. The molecule has 1 atom stereocenters. The van der Waals surface area contributed by atoms with Crippen LogP contribution in [-0.2, 0) is 11.2 Å². The van der Waals surface area contributed by atoms with Gasteiger partial charge in [0.25, 0.3) is 0 Å². The molecule has 1 aromatic heterocycles. The molecule has 3 nitrogen and oxygen atoms in total. The average Bonchev–Trinajstić information content (AvgIpc) is 2.73. The Labute approximate surface area is 118 Å². The van der Waals surface area contributed by atoms with Gasteiger partial charge in [-0.3, -0.25) is 4.79 Å². The summed E-state index contributed by atoms with van der Waals surface area (Å²) in [6, 6.07) is 2.56. The van der Waals surface area contributed by atoms with E-state index in [1.807, 2.05) is 11.9 Å². The van der Waals surface area contributed by atoms with Crippen LogP contribution < -0.4 is 5.32 Å². The molecule has 1 N–H and O–H groups in total. The van der Waals surface area contributed by atoms with Crippen molar-refractivity contribution in [1.29, 1.82) is 0 Å². The van der Waals surface area contributed by atoms with Gasteiger partial charge in [-0.1, -0.05) is 0 Å². The Morgan fingerprint density at radius 3 is 2.94 bits per heavy atom. The van der Waals surface area contributed by atoms with Gasteiger partial charge in [0.1, 0.15) is 0 Å². The number of amides is 1. The Hall–Kier alpha value is -0.580. The zero-order chi connectivity index (χ0) is 11.8. The van der Waals surface area contributed by atoms with E-state index in [9.17, 15) is 4.79 Å². The highest BCUT2D eigenvalue weighted by atomic mass is 35.5. The first-order valence-corrected chi connectivity index (χ1v) is 7.19. The Bertz CT molecular complexity index is 430. The van der Waals surface area contributed by atoms with Crippen LogP contribution in [0, 0.1) is 0 Å². The van der Waals surface area contributed by atoms with E-state index in [0.717, 1.165) is 32.4 Å². The summed E-state index contributed by atoms with van der Waals surface area (Å²) in [4.78, 5) is 15.9. The van der Waals surface area contributed by atoms with Gasteiger partial charge in [0, 0.05) is 25.0 Å². The van der Waals surface area contributed by atoms with Crippen molar-refractivity contribution < 1.29 is 4.79 Å². The van der Waals surface area contributed by atoms with Crippen molar-refractivity contribution in [3.63, 3.8) is 0 Å². The van der Waals surface area contributed by atoms with E-state index >= 15 is 0 Å². The third kappa shape index (κ3) is 2.29. The summed E-state index contributed by atoms with van der Waals surface area (Å²) in [6.07, 6.45) is 3.33. The van der Waals surface area contributed by atoms with Crippen molar-refractivity contribution in [1.82, 2.24) is 10.2 Å². The molecule has 1 fully saturated rings. The summed E-state index contributed by atoms with van der Waals surface area (Å²) in [5.41, 5.74) is 1.30. The molecule has 1 unspecified atom stereocenters. The number of carbonyl (C=O) groups is 1. The summed E-state index contributed by atoms with van der Waals surface area (Å²) < 4.78 is 0. The first-order chi connectivity index (χ1) is 8.27. The van der Waals surface area contributed by atoms with E-state index < -0.39 is 0 Å². The fourth-order valence-corrected chi connectivity index (χ4v) is 3.70. The standard InChI is InChI=1S/C13H18N2OS.ClH/c1-15(9-7-14-8-9)13(16)11-3-2-4-12-10(11)5-6-17-12;/h5-6,9,11,14H,2-4,7-8H2,1H3;1H. The second-order valence-corrected chi connectivity index (χ2v) is 6.01. The smallest absolute Gasteiger partial charge is 0.230 e. The fraction of sp³-hybridized carbons (Fsp3) is 0.615. The van der Waals surface area contributed by atoms with Crippen molar-refractivity contribution >= 4 is 29.7 Å². The first kappa shape index (κ1) is 13.8. The molecule has 5 heteroatoms. The predicted molar refractivity (Wildman–Crippen MR) is 76.7 cm³/mol. The van der Waals surface area contributed by atoms with Gasteiger partial charge in [0.2, 0.25) is 5.91 Å². The molecule has 100 valence electrons. The number of fused-ring (bicyclic) bond motifs is 1. The highest BCUT2D eigenvalue weighted by molar-refractivity contribution is 7.10. The minimum atomic E-state index is 0. The number of carbonyl (C=O) groups excluding carboxylic acids is 1. The van der Waals surface area contributed by atoms with Crippen LogP contribution in [0.4, 0.5) is 0 Å². The number of hydrogen-bond donors (Lipinski definition) is 1. The molecular weight excluding hydrogens is 268 g/mol. The second-order valence-electron chi connectivity index (χ2n) is 5.01. The van der Waals surface area contributed by atoms with Gasteiger partial charge in [-0.25, -0.2) is 0 Å². The molecule has 0 aromatic carbocycles. The maximum absolute atomic E-state index is 12.5. The normalized spacial score (nSPS) is 22.6. The first-order valence-electron chi connectivity index (χ1n) is 6.31. The van der Waals surface area contributed by atoms with Crippen LogP contribution in [0.2, 0.25) is 0 Å². The van der Waals surface area contributed by atoms with Gasteiger partial charge < -0.3 is 10.2 Å². The van der Waals surface area contributed by atoms with Gasteiger partial charge in [0.15, 0.2) is 0 Å². The molecule has 0 saturated carbocycles. The SMILES string of the molecule is CN(C(=O)C1CCCc2sccc21)C1CNC1.Cl. The third-order valence-corrected chi connectivity index (χ3v) is 5.00. The van der Waals surface area contributed by atoms with Crippen LogP contribution in [0.5, 0.6) is 0 Å². The van der Waals surface area contributed by atoms with Gasteiger partial charge in [-0.15, -0.1) is 23.7 Å². The van der Waals surface area contributed by atoms with Gasteiger partial charge >= 0.3 is 0 Å². The Kier molecular flexibility index (Phi) is 4.30. The van der Waals surface area contributed by atoms with Gasteiger partial charge in [0.05, 0.1) is 12.0 Å². The maximum Gasteiger partial charge on any atom is 0.230 e. The van der Waals surface area contributed by atoms with Crippen LogP contribution in [-0.4, -0.2) is 37.0 Å². The maximum atomic E-state index is 12.5. The fourth-order valence-electron chi connectivity index (χ4n) is 2.72. The molecule has 1 aromatic rings. The van der Waals surface area contributed by atoms with Gasteiger partial charge in [-0.2, -0.15) is 0 Å². The van der Waals surface area contributed by atoms with E-state index in [2.05, 4.69) is 16.8 Å². The number of rotatable bonds is 2. The quantitative estimate of drug-likeness (QED) is 0.902. The lowest BCUT2D eigenvalue weighted by Gasteiger charge is -2.38. The molecular formula is C13H19ClN2OS. The lowest BCUT2D eigenvalue weighted by Crippen LogP contribution is -2.58. The molecule has 1 amide bonds. The Morgan fingerprint density at radius 1 is 1.50 bits per heavy atom. The zero-order valence-corrected chi connectivity index (χ0v) is 12.1. The summed E-state index contributed by atoms with van der Waals surface area (Å²) in [5, 5.41) is 5.35. The Balaban J connectivity index is 0.00000120. The number of nitrogens with one attached hydrogen (secondary N) is 1. The summed E-state index contributed by atoms with van der Waals surface area (Å²) in [5.74, 6) is 0.437. The number of thiophene rings is 1. The number of likely N-dealkylation sites (N-methyl/N-ethyl adjacent to an activating group) is 1. The highest BCUT2D eigenvalue weighted by Gasteiger charge is 2.33. The molecule has 2 aliphatic rings. The van der Waals surface area contributed by atoms with Gasteiger partial charge in [-0.05, 0) is 36.3 Å². The lowest BCUT2D eigenvalue weighted by atomic mass is 9.86. The average molecular weight is 287 g/mol. The monoisotopic (exact) mass is 286 g/mol. The van der Waals surface area contributed by atoms with E-state index in [0.29, 0.717) is 11.9 Å². The van der Waals surface area contributed by atoms with Crippen LogP contribution in [0.1, 0.15) is 29.2 Å². The summed E-state index contributed by atoms with van der Waals surface area (Å²) in [7, 11) is 1.95. The third-order valence-electron chi connectivity index (χ3n) is 4.01.